The maximum Gasteiger partial charge on any atom is -0.0175 e. The summed E-state index contributed by atoms with van der Waals surface area (Å²) < 4.78 is 0. The van der Waals surface area contributed by atoms with E-state index in [1.807, 2.05) is 13.8 Å². The van der Waals surface area contributed by atoms with Crippen LogP contribution in [0.3, 0.4) is 0 Å². The van der Waals surface area contributed by atoms with Gasteiger partial charge in [0.1, 0.15) is 0 Å². The second-order valence-corrected chi connectivity index (χ2v) is 4.70. The predicted octanol–water partition coefficient (Wildman–Crippen LogP) is 6.67. The summed E-state index contributed by atoms with van der Waals surface area (Å²) in [6.45, 7) is 10.3. The maximum absolute atomic E-state index is 2.26. The fourth-order valence-corrected chi connectivity index (χ4v) is 2.29. The molecular formula is C21H26. The molecule has 0 saturated carbocycles. The molecule has 0 amide bonds. The van der Waals surface area contributed by atoms with E-state index in [4.69, 9.17) is 0 Å². The summed E-state index contributed by atoms with van der Waals surface area (Å²) in [4.78, 5) is 0. The Morgan fingerprint density at radius 1 is 0.857 bits per heavy atom. The number of aryl methyl sites for hydroxylation is 1. The van der Waals surface area contributed by atoms with Crippen molar-refractivity contribution < 1.29 is 0 Å². The van der Waals surface area contributed by atoms with Gasteiger partial charge in [0.25, 0.3) is 0 Å². The van der Waals surface area contributed by atoms with Crippen LogP contribution in [0.5, 0.6) is 0 Å². The molecule has 0 heterocycles. The van der Waals surface area contributed by atoms with E-state index in [1.165, 1.54) is 27.8 Å². The summed E-state index contributed by atoms with van der Waals surface area (Å²) >= 11 is 0. The largest absolute Gasteiger partial charge is 0.0871 e. The van der Waals surface area contributed by atoms with Crippen LogP contribution in [0.1, 0.15) is 38.8 Å². The zero-order valence-corrected chi connectivity index (χ0v) is 13.9. The van der Waals surface area contributed by atoms with E-state index in [0.29, 0.717) is 0 Å². The predicted molar refractivity (Wildman–Crippen MR) is 96.4 cm³/mol. The fourth-order valence-electron chi connectivity index (χ4n) is 2.29. The van der Waals surface area contributed by atoms with Crippen molar-refractivity contribution in [3.8, 4) is 11.1 Å². The Morgan fingerprint density at radius 3 is 2.10 bits per heavy atom. The lowest BCUT2D eigenvalue weighted by Gasteiger charge is -2.09. The molecule has 0 N–H and O–H groups in total. The van der Waals surface area contributed by atoms with Crippen LogP contribution in [0.4, 0.5) is 0 Å². The average molecular weight is 278 g/mol. The van der Waals surface area contributed by atoms with Crippen LogP contribution in [0.25, 0.3) is 16.7 Å². The van der Waals surface area contributed by atoms with Gasteiger partial charge in [0.05, 0.1) is 0 Å². The van der Waals surface area contributed by atoms with Gasteiger partial charge in [0.2, 0.25) is 0 Å². The molecule has 0 saturated heterocycles. The molecule has 0 unspecified atom stereocenters. The monoisotopic (exact) mass is 278 g/mol. The number of benzene rings is 2. The molecule has 0 aliphatic carbocycles. The molecule has 0 aromatic heterocycles. The van der Waals surface area contributed by atoms with Crippen LogP contribution in [-0.4, -0.2) is 0 Å². The van der Waals surface area contributed by atoms with E-state index >= 15 is 0 Å². The summed E-state index contributed by atoms with van der Waals surface area (Å²) in [7, 11) is 0. The summed E-state index contributed by atoms with van der Waals surface area (Å²) in [5.41, 5.74) is 6.38. The first-order valence-electron chi connectivity index (χ1n) is 7.71. The number of hydrogen-bond donors (Lipinski definition) is 0. The quantitative estimate of drug-likeness (QED) is 0.550. The minimum Gasteiger partial charge on any atom is -0.0871 e. The van der Waals surface area contributed by atoms with Crippen molar-refractivity contribution in [2.24, 2.45) is 0 Å². The van der Waals surface area contributed by atoms with Gasteiger partial charge in [-0.3, -0.25) is 0 Å². The Hall–Kier alpha value is -2.08. The van der Waals surface area contributed by atoms with Gasteiger partial charge in [-0.15, -0.1) is 0 Å². The minimum atomic E-state index is 1.27. The Kier molecular flexibility index (Phi) is 7.25. The molecule has 2 rings (SSSR count). The van der Waals surface area contributed by atoms with E-state index in [-0.39, 0.29) is 0 Å². The van der Waals surface area contributed by atoms with Gasteiger partial charge in [0, 0.05) is 0 Å². The first-order chi connectivity index (χ1) is 10.2. The molecule has 2 aromatic rings. The van der Waals surface area contributed by atoms with E-state index in [9.17, 15) is 0 Å². The Bertz CT molecular complexity index is 601. The van der Waals surface area contributed by atoms with E-state index in [1.54, 1.807) is 0 Å². The molecule has 0 heteroatoms. The number of rotatable bonds is 3. The van der Waals surface area contributed by atoms with Crippen LogP contribution in [0.15, 0.2) is 66.8 Å². The van der Waals surface area contributed by atoms with Gasteiger partial charge in [0.15, 0.2) is 0 Å². The standard InChI is InChI=1S/C19H20.C2H6/c1-4-9-16(5-2)18-12-15(3)13-19(14-18)17-10-7-6-8-11-17;1-2/h4-14H,1-3H3;1-2H3/b9-4-,16-5+;. The van der Waals surface area contributed by atoms with Crippen LogP contribution in [0, 0.1) is 6.92 Å². The molecule has 0 aliphatic heterocycles. The second kappa shape index (κ2) is 8.97. The van der Waals surface area contributed by atoms with Crippen molar-refractivity contribution in [1.29, 1.82) is 0 Å². The van der Waals surface area contributed by atoms with Gasteiger partial charge in [-0.1, -0.05) is 74.5 Å². The third-order valence-electron chi connectivity index (χ3n) is 3.18. The molecule has 0 bridgehead atoms. The van der Waals surface area contributed by atoms with Crippen molar-refractivity contribution in [3.63, 3.8) is 0 Å². The highest BCUT2D eigenvalue weighted by Gasteiger charge is 2.03. The average Bonchev–Trinajstić information content (AvgIpc) is 2.54. The molecule has 21 heavy (non-hydrogen) atoms. The van der Waals surface area contributed by atoms with Crippen LogP contribution in [-0.2, 0) is 0 Å². The number of allylic oxidation sites excluding steroid dienone is 4. The minimum absolute atomic E-state index is 1.27. The van der Waals surface area contributed by atoms with Crippen LogP contribution < -0.4 is 0 Å². The van der Waals surface area contributed by atoms with E-state index in [0.717, 1.165) is 0 Å². The van der Waals surface area contributed by atoms with Crippen molar-refractivity contribution in [2.75, 3.05) is 0 Å². The van der Waals surface area contributed by atoms with Crippen molar-refractivity contribution in [3.05, 3.63) is 77.9 Å². The lowest BCUT2D eigenvalue weighted by Crippen LogP contribution is -1.86. The van der Waals surface area contributed by atoms with Crippen molar-refractivity contribution >= 4 is 5.57 Å². The molecule has 0 fully saturated rings. The second-order valence-electron chi connectivity index (χ2n) is 4.70. The summed E-state index contributed by atoms with van der Waals surface area (Å²) in [6.07, 6.45) is 6.40. The third kappa shape index (κ3) is 4.75. The summed E-state index contributed by atoms with van der Waals surface area (Å²) in [6, 6.07) is 17.3. The molecular weight excluding hydrogens is 252 g/mol. The summed E-state index contributed by atoms with van der Waals surface area (Å²) in [5.74, 6) is 0. The molecule has 110 valence electrons. The van der Waals surface area contributed by atoms with Gasteiger partial charge in [-0.05, 0) is 54.7 Å². The molecule has 0 aliphatic rings. The molecule has 2 aromatic carbocycles. The Balaban J connectivity index is 0.00000106. The molecule has 0 radical (unpaired) electrons. The van der Waals surface area contributed by atoms with Gasteiger partial charge >= 0.3 is 0 Å². The van der Waals surface area contributed by atoms with Gasteiger partial charge < -0.3 is 0 Å². The summed E-state index contributed by atoms with van der Waals surface area (Å²) in [5, 5.41) is 0. The van der Waals surface area contributed by atoms with Crippen molar-refractivity contribution in [2.45, 2.75) is 34.6 Å². The van der Waals surface area contributed by atoms with Crippen molar-refractivity contribution in [1.82, 2.24) is 0 Å². The lowest BCUT2D eigenvalue weighted by atomic mass is 9.96. The highest BCUT2D eigenvalue weighted by molar-refractivity contribution is 5.78. The molecule has 0 nitrogen and oxygen atoms in total. The SMILES string of the molecule is C/C=C\C(=C/C)c1cc(C)cc(-c2ccccc2)c1.CC. The Labute approximate surface area is 129 Å². The Morgan fingerprint density at radius 2 is 1.52 bits per heavy atom. The third-order valence-corrected chi connectivity index (χ3v) is 3.18. The highest BCUT2D eigenvalue weighted by atomic mass is 14.1. The fraction of sp³-hybridized carbons (Fsp3) is 0.238. The van der Waals surface area contributed by atoms with E-state index < -0.39 is 0 Å². The first kappa shape index (κ1) is 17.0. The maximum atomic E-state index is 2.26. The number of hydrogen-bond acceptors (Lipinski definition) is 0. The van der Waals surface area contributed by atoms with Gasteiger partial charge in [-0.2, -0.15) is 0 Å². The van der Waals surface area contributed by atoms with E-state index in [2.05, 4.69) is 87.5 Å². The van der Waals surface area contributed by atoms with Crippen LogP contribution in [0.2, 0.25) is 0 Å². The molecule has 0 atom stereocenters. The lowest BCUT2D eigenvalue weighted by molar-refractivity contribution is 1.44. The molecule has 0 spiro atoms. The zero-order valence-electron chi connectivity index (χ0n) is 13.9. The van der Waals surface area contributed by atoms with Crippen LogP contribution >= 0.6 is 0 Å². The highest BCUT2D eigenvalue weighted by Crippen LogP contribution is 2.26. The first-order valence-corrected chi connectivity index (χ1v) is 7.71. The van der Waals surface area contributed by atoms with Gasteiger partial charge in [-0.25, -0.2) is 0 Å². The normalized spacial score (nSPS) is 11.2. The smallest absolute Gasteiger partial charge is 0.0175 e. The zero-order chi connectivity index (χ0) is 15.7. The topological polar surface area (TPSA) is 0 Å².